The van der Waals surface area contributed by atoms with Crippen molar-refractivity contribution in [1.82, 2.24) is 5.32 Å². The minimum Gasteiger partial charge on any atom is -0.363 e. The highest BCUT2D eigenvalue weighted by Crippen LogP contribution is 2.33. The first-order chi connectivity index (χ1) is 4.96. The lowest BCUT2D eigenvalue weighted by Crippen LogP contribution is -2.56. The van der Waals surface area contributed by atoms with Gasteiger partial charge in [0.15, 0.2) is 5.60 Å². The molecule has 0 aromatic heterocycles. The van der Waals surface area contributed by atoms with Crippen LogP contribution in [0.2, 0.25) is 0 Å². The van der Waals surface area contributed by atoms with Crippen molar-refractivity contribution in [1.29, 1.82) is 0 Å². The number of nitrogens with one attached hydrogen (secondary N) is 1. The summed E-state index contributed by atoms with van der Waals surface area (Å²) >= 11 is 0. The molecule has 1 rings (SSSR count). The van der Waals surface area contributed by atoms with Crippen molar-refractivity contribution in [2.24, 2.45) is 0 Å². The molecule has 1 unspecified atom stereocenters. The van der Waals surface area contributed by atoms with Crippen molar-refractivity contribution >= 4 is 0 Å². The minimum absolute atomic E-state index is 0.121. The Labute approximate surface area is 62.7 Å². The molecule has 0 spiro atoms. The van der Waals surface area contributed by atoms with Crippen molar-refractivity contribution < 1.29 is 17.9 Å². The Balaban J connectivity index is 2.64. The summed E-state index contributed by atoms with van der Waals surface area (Å²) in [5.74, 6) is 0. The normalized spacial score (nSPS) is 33.8. The lowest BCUT2D eigenvalue weighted by atomic mass is 10.1. The molecule has 0 radical (unpaired) electrons. The molecule has 1 atom stereocenters. The molecular formula is C6H10F3NO. The SMILES string of the molecule is CC1(C(F)(F)F)CNCCO1. The van der Waals surface area contributed by atoms with Gasteiger partial charge in [0, 0.05) is 13.1 Å². The monoisotopic (exact) mass is 169 g/mol. The van der Waals surface area contributed by atoms with E-state index in [1.807, 2.05) is 0 Å². The fourth-order valence-corrected chi connectivity index (χ4v) is 0.908. The third-order valence-corrected chi connectivity index (χ3v) is 1.76. The molecular weight excluding hydrogens is 159 g/mol. The summed E-state index contributed by atoms with van der Waals surface area (Å²) in [7, 11) is 0. The number of hydrogen-bond donors (Lipinski definition) is 1. The summed E-state index contributed by atoms with van der Waals surface area (Å²) in [5.41, 5.74) is -1.99. The van der Waals surface area contributed by atoms with Crippen LogP contribution < -0.4 is 5.32 Å². The van der Waals surface area contributed by atoms with E-state index in [-0.39, 0.29) is 13.2 Å². The van der Waals surface area contributed by atoms with Gasteiger partial charge in [0.25, 0.3) is 0 Å². The predicted molar refractivity (Wildman–Crippen MR) is 33.3 cm³/mol. The quantitative estimate of drug-likeness (QED) is 0.582. The van der Waals surface area contributed by atoms with Crippen molar-refractivity contribution in [3.63, 3.8) is 0 Å². The van der Waals surface area contributed by atoms with Crippen LogP contribution in [0.15, 0.2) is 0 Å². The molecule has 0 saturated carbocycles. The summed E-state index contributed by atoms with van der Waals surface area (Å²) in [6, 6.07) is 0. The molecule has 0 aliphatic carbocycles. The van der Waals surface area contributed by atoms with Crippen LogP contribution in [0, 0.1) is 0 Å². The lowest BCUT2D eigenvalue weighted by Gasteiger charge is -2.35. The predicted octanol–water partition coefficient (Wildman–Crippen LogP) is 0.927. The zero-order valence-corrected chi connectivity index (χ0v) is 6.16. The Kier molecular flexibility index (Phi) is 2.11. The van der Waals surface area contributed by atoms with Crippen LogP contribution in [0.1, 0.15) is 6.92 Å². The summed E-state index contributed by atoms with van der Waals surface area (Å²) in [5, 5.41) is 2.64. The summed E-state index contributed by atoms with van der Waals surface area (Å²) in [6.45, 7) is 1.51. The highest BCUT2D eigenvalue weighted by molar-refractivity contribution is 4.88. The van der Waals surface area contributed by atoms with Gasteiger partial charge in [-0.1, -0.05) is 0 Å². The minimum atomic E-state index is -4.28. The highest BCUT2D eigenvalue weighted by Gasteiger charge is 2.52. The molecule has 1 heterocycles. The third-order valence-electron chi connectivity index (χ3n) is 1.76. The number of morpholine rings is 1. The molecule has 66 valence electrons. The molecule has 1 aliphatic heterocycles. The second-order valence-corrected chi connectivity index (χ2v) is 2.75. The zero-order chi connectivity index (χ0) is 8.54. The number of hydrogen-bond acceptors (Lipinski definition) is 2. The van der Waals surface area contributed by atoms with Crippen LogP contribution in [0.4, 0.5) is 13.2 Å². The average molecular weight is 169 g/mol. The van der Waals surface area contributed by atoms with Gasteiger partial charge in [0.2, 0.25) is 0 Å². The first kappa shape index (κ1) is 8.80. The maximum atomic E-state index is 12.2. The van der Waals surface area contributed by atoms with Gasteiger partial charge in [-0.2, -0.15) is 13.2 Å². The van der Waals surface area contributed by atoms with E-state index in [1.165, 1.54) is 0 Å². The number of ether oxygens (including phenoxy) is 1. The topological polar surface area (TPSA) is 21.3 Å². The van der Waals surface area contributed by atoms with E-state index in [0.29, 0.717) is 6.54 Å². The maximum absolute atomic E-state index is 12.2. The Morgan fingerprint density at radius 1 is 1.45 bits per heavy atom. The molecule has 11 heavy (non-hydrogen) atoms. The van der Waals surface area contributed by atoms with E-state index >= 15 is 0 Å². The molecule has 0 aromatic carbocycles. The van der Waals surface area contributed by atoms with Crippen LogP contribution in [0.25, 0.3) is 0 Å². The molecule has 5 heteroatoms. The molecule has 2 nitrogen and oxygen atoms in total. The third kappa shape index (κ3) is 1.65. The number of halogens is 3. The van der Waals surface area contributed by atoms with Crippen molar-refractivity contribution in [3.8, 4) is 0 Å². The van der Waals surface area contributed by atoms with Crippen molar-refractivity contribution in [3.05, 3.63) is 0 Å². The van der Waals surface area contributed by atoms with Crippen LogP contribution in [-0.2, 0) is 4.74 Å². The molecule has 1 N–H and O–H groups in total. The maximum Gasteiger partial charge on any atom is 0.418 e. The smallest absolute Gasteiger partial charge is 0.363 e. The van der Waals surface area contributed by atoms with Gasteiger partial charge < -0.3 is 10.1 Å². The largest absolute Gasteiger partial charge is 0.418 e. The highest BCUT2D eigenvalue weighted by atomic mass is 19.4. The van der Waals surface area contributed by atoms with Crippen LogP contribution in [0.3, 0.4) is 0 Å². The standard InChI is InChI=1S/C6H10F3NO/c1-5(6(7,8)9)4-10-2-3-11-5/h10H,2-4H2,1H3. The van der Waals surface area contributed by atoms with Gasteiger partial charge in [0.05, 0.1) is 6.61 Å². The Morgan fingerprint density at radius 2 is 2.09 bits per heavy atom. The van der Waals surface area contributed by atoms with E-state index < -0.39 is 11.8 Å². The van der Waals surface area contributed by atoms with Gasteiger partial charge in [-0.05, 0) is 6.92 Å². The molecule has 1 aliphatic rings. The van der Waals surface area contributed by atoms with E-state index in [2.05, 4.69) is 10.1 Å². The average Bonchev–Trinajstić information content (AvgIpc) is 1.87. The second-order valence-electron chi connectivity index (χ2n) is 2.75. The molecule has 0 aromatic rings. The van der Waals surface area contributed by atoms with E-state index in [0.717, 1.165) is 6.92 Å². The summed E-state index contributed by atoms with van der Waals surface area (Å²) in [6.07, 6.45) is -4.28. The Morgan fingerprint density at radius 3 is 2.36 bits per heavy atom. The number of rotatable bonds is 0. The Hall–Kier alpha value is -0.290. The first-order valence-electron chi connectivity index (χ1n) is 3.37. The number of alkyl halides is 3. The lowest BCUT2D eigenvalue weighted by molar-refractivity contribution is -0.275. The van der Waals surface area contributed by atoms with Crippen LogP contribution in [0.5, 0.6) is 0 Å². The molecule has 0 amide bonds. The van der Waals surface area contributed by atoms with Gasteiger partial charge in [-0.3, -0.25) is 0 Å². The van der Waals surface area contributed by atoms with Crippen molar-refractivity contribution in [2.75, 3.05) is 19.7 Å². The Bertz CT molecular complexity index is 139. The van der Waals surface area contributed by atoms with Gasteiger partial charge >= 0.3 is 6.18 Å². The first-order valence-corrected chi connectivity index (χ1v) is 3.37. The summed E-state index contributed by atoms with van der Waals surface area (Å²) < 4.78 is 41.1. The van der Waals surface area contributed by atoms with Gasteiger partial charge in [-0.15, -0.1) is 0 Å². The molecule has 1 saturated heterocycles. The molecule has 0 bridgehead atoms. The van der Waals surface area contributed by atoms with Gasteiger partial charge in [-0.25, -0.2) is 0 Å². The van der Waals surface area contributed by atoms with Crippen LogP contribution in [-0.4, -0.2) is 31.5 Å². The van der Waals surface area contributed by atoms with Gasteiger partial charge in [0.1, 0.15) is 0 Å². The summed E-state index contributed by atoms with van der Waals surface area (Å²) in [4.78, 5) is 0. The van der Waals surface area contributed by atoms with E-state index in [9.17, 15) is 13.2 Å². The van der Waals surface area contributed by atoms with E-state index in [1.54, 1.807) is 0 Å². The fourth-order valence-electron chi connectivity index (χ4n) is 0.908. The van der Waals surface area contributed by atoms with Crippen molar-refractivity contribution in [2.45, 2.75) is 18.7 Å². The zero-order valence-electron chi connectivity index (χ0n) is 6.16. The second kappa shape index (κ2) is 2.64. The fraction of sp³-hybridized carbons (Fsp3) is 1.00. The van der Waals surface area contributed by atoms with Crippen LogP contribution >= 0.6 is 0 Å². The molecule has 1 fully saturated rings. The van der Waals surface area contributed by atoms with E-state index in [4.69, 9.17) is 0 Å².